The van der Waals surface area contributed by atoms with Gasteiger partial charge >= 0.3 is 17.6 Å². The van der Waals surface area contributed by atoms with E-state index in [1.807, 2.05) is 13.8 Å². The van der Waals surface area contributed by atoms with Crippen LogP contribution in [0.1, 0.15) is 60.5 Å². The van der Waals surface area contributed by atoms with E-state index in [0.717, 1.165) is 11.1 Å². The largest absolute Gasteiger partial charge is 0.459 e. The first-order valence-corrected chi connectivity index (χ1v) is 15.0. The molecule has 0 unspecified atom stereocenters. The highest BCUT2D eigenvalue weighted by molar-refractivity contribution is 6.06. The quantitative estimate of drug-likeness (QED) is 0.237. The predicted octanol–water partition coefficient (Wildman–Crippen LogP) is 4.73. The molecule has 0 radical (unpaired) electrons. The summed E-state index contributed by atoms with van der Waals surface area (Å²) in [4.78, 5) is 65.6. The van der Waals surface area contributed by atoms with Crippen LogP contribution < -0.4 is 11.0 Å². The summed E-state index contributed by atoms with van der Waals surface area (Å²) in [5.74, 6) is -1.71. The minimum atomic E-state index is -1.02. The van der Waals surface area contributed by atoms with Gasteiger partial charge in [0.1, 0.15) is 30.6 Å². The minimum Gasteiger partial charge on any atom is -0.459 e. The SMILES string of the molecule is Cc1ccc(C(=O)OC[C@H]2O[C@@H](n3c(=O)nc(NC(=O)c4ccccc4)c4nc(C)cnc43)C[C@@H]2OC(=O)c2ccc(C)cc2)cc1. The smallest absolute Gasteiger partial charge is 0.353 e. The third-order valence-electron chi connectivity index (χ3n) is 7.69. The van der Waals surface area contributed by atoms with Crippen LogP contribution in [-0.2, 0) is 14.2 Å². The number of esters is 2. The topological polar surface area (TPSA) is 152 Å². The van der Waals surface area contributed by atoms with Crippen molar-refractivity contribution >= 4 is 34.8 Å². The molecule has 1 aliphatic rings. The summed E-state index contributed by atoms with van der Waals surface area (Å²) < 4.78 is 18.9. The van der Waals surface area contributed by atoms with Crippen LogP contribution in [0.2, 0.25) is 0 Å². The van der Waals surface area contributed by atoms with Gasteiger partial charge in [-0.3, -0.25) is 4.79 Å². The molecule has 0 spiro atoms. The summed E-state index contributed by atoms with van der Waals surface area (Å²) in [6.07, 6.45) is -1.36. The molecule has 1 N–H and O–H groups in total. The first-order chi connectivity index (χ1) is 22.7. The van der Waals surface area contributed by atoms with Gasteiger partial charge in [-0.25, -0.2) is 28.9 Å². The number of fused-ring (bicyclic) bond motifs is 1. The number of anilines is 1. The van der Waals surface area contributed by atoms with E-state index in [1.54, 1.807) is 85.8 Å². The Morgan fingerprint density at radius 2 is 1.49 bits per heavy atom. The molecule has 3 atom stereocenters. The van der Waals surface area contributed by atoms with Gasteiger partial charge in [0.15, 0.2) is 11.5 Å². The number of carbonyl (C=O) groups excluding carboxylic acids is 3. The number of aromatic nitrogens is 4. The van der Waals surface area contributed by atoms with E-state index >= 15 is 0 Å². The van der Waals surface area contributed by atoms with Crippen LogP contribution in [-0.4, -0.2) is 56.2 Å². The maximum Gasteiger partial charge on any atom is 0.353 e. The Morgan fingerprint density at radius 3 is 2.15 bits per heavy atom. The van der Waals surface area contributed by atoms with Crippen LogP contribution in [0.3, 0.4) is 0 Å². The van der Waals surface area contributed by atoms with Crippen LogP contribution in [0.25, 0.3) is 11.2 Å². The number of benzene rings is 3. The van der Waals surface area contributed by atoms with E-state index < -0.39 is 42.0 Å². The average molecular weight is 634 g/mol. The zero-order valence-corrected chi connectivity index (χ0v) is 25.9. The van der Waals surface area contributed by atoms with Gasteiger partial charge in [0, 0.05) is 12.0 Å². The normalized spacial score (nSPS) is 17.3. The molecule has 6 rings (SSSR count). The Labute approximate surface area is 269 Å². The fourth-order valence-corrected chi connectivity index (χ4v) is 5.17. The Morgan fingerprint density at radius 1 is 0.851 bits per heavy atom. The molecule has 12 nitrogen and oxygen atoms in total. The van der Waals surface area contributed by atoms with Gasteiger partial charge in [-0.1, -0.05) is 53.6 Å². The Hall–Kier alpha value is -5.75. The molecular weight excluding hydrogens is 602 g/mol. The third-order valence-corrected chi connectivity index (χ3v) is 7.69. The molecule has 2 aromatic heterocycles. The number of hydrogen-bond acceptors (Lipinski definition) is 10. The second-order valence-electron chi connectivity index (χ2n) is 11.3. The Balaban J connectivity index is 1.31. The molecule has 1 fully saturated rings. The molecule has 0 aliphatic carbocycles. The van der Waals surface area contributed by atoms with E-state index in [9.17, 15) is 19.2 Å². The molecule has 0 saturated carbocycles. The number of nitrogens with one attached hydrogen (secondary N) is 1. The molecule has 1 aliphatic heterocycles. The van der Waals surface area contributed by atoms with Crippen molar-refractivity contribution in [3.05, 3.63) is 129 Å². The third kappa shape index (κ3) is 6.92. The van der Waals surface area contributed by atoms with E-state index in [1.165, 1.54) is 10.8 Å². The van der Waals surface area contributed by atoms with Crippen molar-refractivity contribution < 1.29 is 28.6 Å². The van der Waals surface area contributed by atoms with E-state index in [4.69, 9.17) is 14.2 Å². The van der Waals surface area contributed by atoms with Crippen molar-refractivity contribution in [2.24, 2.45) is 0 Å². The van der Waals surface area contributed by atoms with Crippen LogP contribution in [0.4, 0.5) is 5.82 Å². The van der Waals surface area contributed by atoms with Crippen LogP contribution in [0.15, 0.2) is 89.9 Å². The lowest BCUT2D eigenvalue weighted by Gasteiger charge is -2.19. The molecule has 47 heavy (non-hydrogen) atoms. The van der Waals surface area contributed by atoms with Crippen LogP contribution in [0, 0.1) is 20.8 Å². The second-order valence-corrected chi connectivity index (χ2v) is 11.3. The fourth-order valence-electron chi connectivity index (χ4n) is 5.17. The van der Waals surface area contributed by atoms with Crippen molar-refractivity contribution in [2.45, 2.75) is 45.6 Å². The standard InChI is InChI=1S/C35H31N5O7/c1-20-9-13-24(14-10-20)33(42)45-19-27-26(47-34(43)25-15-11-21(2)12-16-25)17-28(46-27)40-31-29(37-22(3)18-36-31)30(39-35(40)44)38-32(41)23-7-5-4-6-8-23/h4-16,18,26-28H,17,19H2,1-3H3,(H,38,39,41,44)/t26-,27+,28+/m0/s1. The molecule has 12 heteroatoms. The zero-order valence-electron chi connectivity index (χ0n) is 25.9. The summed E-state index contributed by atoms with van der Waals surface area (Å²) >= 11 is 0. The lowest BCUT2D eigenvalue weighted by atomic mass is 10.1. The van der Waals surface area contributed by atoms with Gasteiger partial charge < -0.3 is 19.5 Å². The first-order valence-electron chi connectivity index (χ1n) is 15.0. The second kappa shape index (κ2) is 13.3. The Kier molecular flexibility index (Phi) is 8.85. The molecule has 1 saturated heterocycles. The molecule has 3 aromatic carbocycles. The average Bonchev–Trinajstić information content (AvgIpc) is 3.46. The Bertz CT molecular complexity index is 2010. The van der Waals surface area contributed by atoms with Crippen molar-refractivity contribution in [2.75, 3.05) is 11.9 Å². The van der Waals surface area contributed by atoms with Gasteiger partial charge in [0.2, 0.25) is 0 Å². The summed E-state index contributed by atoms with van der Waals surface area (Å²) in [5.41, 5.74) is 3.04. The van der Waals surface area contributed by atoms with Crippen LogP contribution in [0.5, 0.6) is 0 Å². The molecule has 1 amide bonds. The highest BCUT2D eigenvalue weighted by Crippen LogP contribution is 2.33. The lowest BCUT2D eigenvalue weighted by molar-refractivity contribution is -0.0572. The van der Waals surface area contributed by atoms with Gasteiger partial charge in [0.05, 0.1) is 23.0 Å². The lowest BCUT2D eigenvalue weighted by Crippen LogP contribution is -2.32. The number of nitrogens with zero attached hydrogens (tertiary/aromatic N) is 4. The van der Waals surface area contributed by atoms with Crippen molar-refractivity contribution in [1.29, 1.82) is 0 Å². The van der Waals surface area contributed by atoms with E-state index in [2.05, 4.69) is 20.3 Å². The first kappa shape index (κ1) is 31.2. The number of rotatable bonds is 8. The van der Waals surface area contributed by atoms with Crippen LogP contribution >= 0.6 is 0 Å². The number of hydrogen-bond donors (Lipinski definition) is 1. The highest BCUT2D eigenvalue weighted by atomic mass is 16.6. The molecular formula is C35H31N5O7. The van der Waals surface area contributed by atoms with Crippen molar-refractivity contribution in [1.82, 2.24) is 19.5 Å². The monoisotopic (exact) mass is 633 g/mol. The fraction of sp³-hybridized carbons (Fsp3) is 0.229. The summed E-state index contributed by atoms with van der Waals surface area (Å²) in [6.45, 7) is 5.27. The van der Waals surface area contributed by atoms with Gasteiger partial charge in [-0.2, -0.15) is 4.98 Å². The van der Waals surface area contributed by atoms with Gasteiger partial charge in [0.25, 0.3) is 5.91 Å². The number of carbonyl (C=O) groups is 3. The van der Waals surface area contributed by atoms with Gasteiger partial charge in [-0.05, 0) is 57.2 Å². The van der Waals surface area contributed by atoms with Gasteiger partial charge in [-0.15, -0.1) is 0 Å². The van der Waals surface area contributed by atoms with E-state index in [-0.39, 0.29) is 30.0 Å². The molecule has 238 valence electrons. The summed E-state index contributed by atoms with van der Waals surface area (Å²) in [5, 5.41) is 2.67. The summed E-state index contributed by atoms with van der Waals surface area (Å²) in [6, 6.07) is 22.3. The molecule has 3 heterocycles. The molecule has 0 bridgehead atoms. The zero-order chi connectivity index (χ0) is 33.1. The molecule has 5 aromatic rings. The predicted molar refractivity (Wildman–Crippen MR) is 171 cm³/mol. The number of amides is 1. The van der Waals surface area contributed by atoms with E-state index in [0.29, 0.717) is 22.4 Å². The maximum atomic E-state index is 13.6. The number of ether oxygens (including phenoxy) is 3. The highest BCUT2D eigenvalue weighted by Gasteiger charge is 2.41. The minimum absolute atomic E-state index is 0.0202. The number of aryl methyl sites for hydroxylation is 3. The van der Waals surface area contributed by atoms with Crippen molar-refractivity contribution in [3.63, 3.8) is 0 Å². The van der Waals surface area contributed by atoms with Crippen molar-refractivity contribution in [3.8, 4) is 0 Å². The summed E-state index contributed by atoms with van der Waals surface area (Å²) in [7, 11) is 0. The maximum absolute atomic E-state index is 13.6.